The first kappa shape index (κ1) is 13.3. The number of nitrogens with one attached hydrogen (secondary N) is 1. The van der Waals surface area contributed by atoms with E-state index in [1.165, 1.54) is 19.2 Å². The molecule has 1 aliphatic rings. The van der Waals surface area contributed by atoms with Crippen LogP contribution >= 0.6 is 0 Å². The van der Waals surface area contributed by atoms with Gasteiger partial charge < -0.3 is 14.8 Å². The molecule has 0 unspecified atom stereocenters. The standard InChI is InChI=1S/C13H13F2NO3/c1-3-19-12(17)7-11-13(14,15)9-6-8(18-2)4-5-10(9)16-11/h4-7,16H,3H2,1-2H3/b11-7+. The van der Waals surface area contributed by atoms with Crippen molar-refractivity contribution >= 4 is 11.7 Å². The van der Waals surface area contributed by atoms with E-state index in [0.717, 1.165) is 6.08 Å². The van der Waals surface area contributed by atoms with Crippen LogP contribution in [0.4, 0.5) is 14.5 Å². The molecule has 6 heteroatoms. The molecule has 1 heterocycles. The summed E-state index contributed by atoms with van der Waals surface area (Å²) in [5, 5.41) is 2.52. The smallest absolute Gasteiger partial charge is 0.332 e. The number of allylic oxidation sites excluding steroid dienone is 1. The summed E-state index contributed by atoms with van der Waals surface area (Å²) in [6, 6.07) is 4.29. The van der Waals surface area contributed by atoms with Crippen LogP contribution in [0, 0.1) is 0 Å². The highest BCUT2D eigenvalue weighted by Gasteiger charge is 2.45. The summed E-state index contributed by atoms with van der Waals surface area (Å²) in [4.78, 5) is 11.3. The number of halogens is 2. The summed E-state index contributed by atoms with van der Waals surface area (Å²) in [5.74, 6) is -3.74. The third-order valence-electron chi connectivity index (χ3n) is 2.72. The lowest BCUT2D eigenvalue weighted by molar-refractivity contribution is -0.137. The SMILES string of the molecule is CCOC(=O)/C=C1/Nc2ccc(OC)cc2C1(F)F. The second kappa shape index (κ2) is 4.87. The molecule has 0 spiro atoms. The number of carbonyl (C=O) groups is 1. The minimum atomic E-state index is -3.27. The Kier molecular flexibility index (Phi) is 3.42. The van der Waals surface area contributed by atoms with Crippen LogP contribution in [-0.2, 0) is 15.5 Å². The summed E-state index contributed by atoms with van der Waals surface area (Å²) >= 11 is 0. The zero-order chi connectivity index (χ0) is 14.0. The molecular weight excluding hydrogens is 256 g/mol. The third-order valence-corrected chi connectivity index (χ3v) is 2.72. The van der Waals surface area contributed by atoms with Crippen molar-refractivity contribution in [3.05, 3.63) is 35.5 Å². The van der Waals surface area contributed by atoms with Crippen molar-refractivity contribution in [3.8, 4) is 5.75 Å². The molecule has 0 aromatic heterocycles. The van der Waals surface area contributed by atoms with Crippen LogP contribution in [0.3, 0.4) is 0 Å². The molecule has 0 aliphatic carbocycles. The Hall–Kier alpha value is -2.11. The van der Waals surface area contributed by atoms with Crippen LogP contribution in [0.2, 0.25) is 0 Å². The van der Waals surface area contributed by atoms with Gasteiger partial charge in [-0.15, -0.1) is 0 Å². The van der Waals surface area contributed by atoms with Crippen LogP contribution in [0.15, 0.2) is 30.0 Å². The van der Waals surface area contributed by atoms with Crippen molar-refractivity contribution in [2.24, 2.45) is 0 Å². The second-order valence-corrected chi connectivity index (χ2v) is 3.92. The molecule has 0 atom stereocenters. The van der Waals surface area contributed by atoms with Crippen LogP contribution in [0.25, 0.3) is 0 Å². The lowest BCUT2D eigenvalue weighted by Gasteiger charge is -2.11. The van der Waals surface area contributed by atoms with Gasteiger partial charge in [0.1, 0.15) is 5.75 Å². The van der Waals surface area contributed by atoms with Crippen molar-refractivity contribution in [2.45, 2.75) is 12.8 Å². The Morgan fingerprint density at radius 1 is 1.47 bits per heavy atom. The van der Waals surface area contributed by atoms with E-state index >= 15 is 0 Å². The van der Waals surface area contributed by atoms with Gasteiger partial charge in [0, 0.05) is 11.8 Å². The molecule has 2 rings (SSSR count). The number of anilines is 1. The van der Waals surface area contributed by atoms with Crippen molar-refractivity contribution < 1.29 is 23.0 Å². The summed E-state index contributed by atoms with van der Waals surface area (Å²) < 4.78 is 37.8. The maximum Gasteiger partial charge on any atom is 0.332 e. The van der Waals surface area contributed by atoms with Gasteiger partial charge in [-0.05, 0) is 25.1 Å². The molecule has 1 aromatic carbocycles. The Morgan fingerprint density at radius 2 is 2.21 bits per heavy atom. The number of alkyl halides is 2. The lowest BCUT2D eigenvalue weighted by atomic mass is 10.1. The van der Waals surface area contributed by atoms with Crippen molar-refractivity contribution in [1.29, 1.82) is 0 Å². The van der Waals surface area contributed by atoms with E-state index in [1.807, 2.05) is 0 Å². The summed E-state index contributed by atoms with van der Waals surface area (Å²) in [5.41, 5.74) is -0.460. The number of esters is 1. The average molecular weight is 269 g/mol. The van der Waals surface area contributed by atoms with Crippen LogP contribution in [-0.4, -0.2) is 19.7 Å². The zero-order valence-electron chi connectivity index (χ0n) is 10.5. The predicted molar refractivity (Wildman–Crippen MR) is 65.2 cm³/mol. The van der Waals surface area contributed by atoms with Gasteiger partial charge in [0.05, 0.1) is 25.0 Å². The van der Waals surface area contributed by atoms with E-state index in [2.05, 4.69) is 10.1 Å². The Bertz CT molecular complexity index is 541. The van der Waals surface area contributed by atoms with E-state index < -0.39 is 17.6 Å². The quantitative estimate of drug-likeness (QED) is 0.677. The zero-order valence-corrected chi connectivity index (χ0v) is 10.5. The molecule has 1 aromatic rings. The number of fused-ring (bicyclic) bond motifs is 1. The maximum absolute atomic E-state index is 14.1. The van der Waals surface area contributed by atoms with Crippen LogP contribution in [0.1, 0.15) is 12.5 Å². The lowest BCUT2D eigenvalue weighted by Crippen LogP contribution is -2.16. The summed E-state index contributed by atoms with van der Waals surface area (Å²) in [6.45, 7) is 1.74. The van der Waals surface area contributed by atoms with Gasteiger partial charge in [0.15, 0.2) is 0 Å². The number of ether oxygens (including phenoxy) is 2. The van der Waals surface area contributed by atoms with Crippen LogP contribution < -0.4 is 10.1 Å². The number of carbonyl (C=O) groups excluding carboxylic acids is 1. The van der Waals surface area contributed by atoms with E-state index in [-0.39, 0.29) is 17.9 Å². The van der Waals surface area contributed by atoms with Gasteiger partial charge in [-0.1, -0.05) is 0 Å². The summed E-state index contributed by atoms with van der Waals surface area (Å²) in [6.07, 6.45) is 0.774. The number of hydrogen-bond acceptors (Lipinski definition) is 4. The van der Waals surface area contributed by atoms with Gasteiger partial charge in [0.2, 0.25) is 0 Å². The molecule has 19 heavy (non-hydrogen) atoms. The average Bonchev–Trinajstić information content (AvgIpc) is 2.61. The van der Waals surface area contributed by atoms with Crippen molar-refractivity contribution in [2.75, 3.05) is 19.0 Å². The molecule has 0 saturated heterocycles. The maximum atomic E-state index is 14.1. The molecule has 102 valence electrons. The first-order valence-electron chi connectivity index (χ1n) is 5.71. The van der Waals surface area contributed by atoms with Crippen molar-refractivity contribution in [1.82, 2.24) is 0 Å². The molecule has 1 aliphatic heterocycles. The Labute approximate surface area is 109 Å². The molecule has 0 bridgehead atoms. The van der Waals surface area contributed by atoms with Gasteiger partial charge in [-0.2, -0.15) is 8.78 Å². The highest BCUT2D eigenvalue weighted by molar-refractivity contribution is 5.85. The first-order valence-corrected chi connectivity index (χ1v) is 5.71. The molecular formula is C13H13F2NO3. The highest BCUT2D eigenvalue weighted by atomic mass is 19.3. The molecule has 0 radical (unpaired) electrons. The fourth-order valence-electron chi connectivity index (χ4n) is 1.82. The molecule has 0 fully saturated rings. The topological polar surface area (TPSA) is 47.6 Å². The molecule has 0 amide bonds. The minimum Gasteiger partial charge on any atom is -0.497 e. The number of benzene rings is 1. The molecule has 0 saturated carbocycles. The Balaban J connectivity index is 2.37. The Morgan fingerprint density at radius 3 is 2.84 bits per heavy atom. The fourth-order valence-corrected chi connectivity index (χ4v) is 1.82. The van der Waals surface area contributed by atoms with E-state index in [1.54, 1.807) is 13.0 Å². The largest absolute Gasteiger partial charge is 0.497 e. The molecule has 1 N–H and O–H groups in total. The third kappa shape index (κ3) is 2.38. The fraction of sp³-hybridized carbons (Fsp3) is 0.308. The number of methoxy groups -OCH3 is 1. The normalized spacial score (nSPS) is 17.8. The predicted octanol–water partition coefficient (Wildman–Crippen LogP) is 2.66. The highest BCUT2D eigenvalue weighted by Crippen LogP contribution is 2.47. The van der Waals surface area contributed by atoms with Gasteiger partial charge >= 0.3 is 11.9 Å². The van der Waals surface area contributed by atoms with Crippen molar-refractivity contribution in [3.63, 3.8) is 0 Å². The first-order chi connectivity index (χ1) is 8.98. The van der Waals surface area contributed by atoms with Gasteiger partial charge in [-0.3, -0.25) is 0 Å². The van der Waals surface area contributed by atoms with E-state index in [0.29, 0.717) is 5.75 Å². The summed E-state index contributed by atoms with van der Waals surface area (Å²) in [7, 11) is 1.40. The number of rotatable bonds is 3. The molecule has 4 nitrogen and oxygen atoms in total. The monoisotopic (exact) mass is 269 g/mol. The van der Waals surface area contributed by atoms with Gasteiger partial charge in [-0.25, -0.2) is 4.79 Å². The van der Waals surface area contributed by atoms with E-state index in [9.17, 15) is 13.6 Å². The van der Waals surface area contributed by atoms with Gasteiger partial charge in [0.25, 0.3) is 0 Å². The van der Waals surface area contributed by atoms with Crippen LogP contribution in [0.5, 0.6) is 5.75 Å². The number of hydrogen-bond donors (Lipinski definition) is 1. The van der Waals surface area contributed by atoms with E-state index in [4.69, 9.17) is 4.74 Å². The minimum absolute atomic E-state index is 0.134. The second-order valence-electron chi connectivity index (χ2n) is 3.92.